The molecular formula is C44H61N9O7S. The molecule has 0 radical (unpaired) electrons. The van der Waals surface area contributed by atoms with E-state index in [0.29, 0.717) is 31.4 Å². The summed E-state index contributed by atoms with van der Waals surface area (Å²) in [7, 11) is 0. The highest BCUT2D eigenvalue weighted by Crippen LogP contribution is 2.28. The van der Waals surface area contributed by atoms with Crippen molar-refractivity contribution < 1.29 is 33.6 Å². The van der Waals surface area contributed by atoms with Gasteiger partial charge in [0.05, 0.1) is 12.1 Å². The largest absolute Gasteiger partial charge is 0.370 e. The number of carbonyl (C=O) groups excluding carboxylic acids is 7. The third-order valence-electron chi connectivity index (χ3n) is 11.2. The summed E-state index contributed by atoms with van der Waals surface area (Å²) < 4.78 is 0. The zero-order chi connectivity index (χ0) is 44.4. The Morgan fingerprint density at radius 3 is 2.23 bits per heavy atom. The van der Waals surface area contributed by atoms with Crippen LogP contribution in [-0.4, -0.2) is 111 Å². The molecule has 0 bridgehead atoms. The van der Waals surface area contributed by atoms with Crippen LogP contribution in [0.1, 0.15) is 79.2 Å². The molecule has 16 nitrogen and oxygen atoms in total. The second-order valence-electron chi connectivity index (χ2n) is 17.1. The number of nitrogens with one attached hydrogen (secondary N) is 7. The first kappa shape index (κ1) is 46.6. The second kappa shape index (κ2) is 20.9. The number of H-pyrrole nitrogens is 1. The Morgan fingerprint density at radius 2 is 1.54 bits per heavy atom. The van der Waals surface area contributed by atoms with Crippen molar-refractivity contribution >= 4 is 64.0 Å². The number of aromatic nitrogens is 1. The van der Waals surface area contributed by atoms with E-state index in [4.69, 9.17) is 5.73 Å². The van der Waals surface area contributed by atoms with Gasteiger partial charge >= 0.3 is 0 Å². The predicted molar refractivity (Wildman–Crippen MR) is 234 cm³/mol. The van der Waals surface area contributed by atoms with E-state index in [9.17, 15) is 33.6 Å². The van der Waals surface area contributed by atoms with Crippen molar-refractivity contribution in [2.75, 3.05) is 12.3 Å². The van der Waals surface area contributed by atoms with Gasteiger partial charge in [0.15, 0.2) is 0 Å². The van der Waals surface area contributed by atoms with Crippen LogP contribution in [-0.2, 0) is 40.0 Å². The maximum Gasteiger partial charge on any atom is 0.243 e. The Hall–Kier alpha value is -5.42. The number of fused-ring (bicyclic) bond motifs is 2. The van der Waals surface area contributed by atoms with Gasteiger partial charge in [-0.2, -0.15) is 0 Å². The predicted octanol–water partition coefficient (Wildman–Crippen LogP) is 2.02. The highest BCUT2D eigenvalue weighted by molar-refractivity contribution is 7.99. The highest BCUT2D eigenvalue weighted by Gasteiger charge is 2.45. The molecule has 3 aromatic rings. The molecule has 2 fully saturated rings. The summed E-state index contributed by atoms with van der Waals surface area (Å²) in [5.41, 5.74) is 6.39. The fourth-order valence-electron chi connectivity index (χ4n) is 7.78. The van der Waals surface area contributed by atoms with Crippen LogP contribution in [0.15, 0.2) is 65.7 Å². The van der Waals surface area contributed by atoms with E-state index in [1.54, 1.807) is 11.1 Å². The average Bonchev–Trinajstić information content (AvgIpc) is 3.86. The van der Waals surface area contributed by atoms with Crippen molar-refractivity contribution in [1.29, 1.82) is 0 Å². The number of hydrogen-bond acceptors (Lipinski definition) is 9. The van der Waals surface area contributed by atoms with Crippen LogP contribution in [0.5, 0.6) is 0 Å². The second-order valence-corrected chi connectivity index (χ2v) is 18.2. The van der Waals surface area contributed by atoms with Crippen molar-refractivity contribution in [1.82, 2.24) is 41.8 Å². The Kier molecular flexibility index (Phi) is 16.0. The third-order valence-corrected chi connectivity index (χ3v) is 12.3. The maximum absolute atomic E-state index is 14.6. The van der Waals surface area contributed by atoms with Crippen molar-refractivity contribution in [2.45, 2.75) is 133 Å². The number of primary amides is 1. The number of thioether (sulfide) groups is 1. The van der Waals surface area contributed by atoms with Crippen LogP contribution in [0.2, 0.25) is 0 Å². The van der Waals surface area contributed by atoms with Crippen LogP contribution in [0, 0.1) is 5.92 Å². The molecule has 1 aromatic heterocycles. The molecule has 2 aromatic carbocycles. The van der Waals surface area contributed by atoms with E-state index in [-0.39, 0.29) is 30.9 Å². The van der Waals surface area contributed by atoms with Crippen LogP contribution in [0.25, 0.3) is 10.9 Å². The molecule has 2 aliphatic heterocycles. The Balaban J connectivity index is 1.62. The molecule has 2 aliphatic rings. The van der Waals surface area contributed by atoms with Crippen molar-refractivity contribution in [3.63, 3.8) is 0 Å². The first-order chi connectivity index (χ1) is 28.9. The van der Waals surface area contributed by atoms with Crippen molar-refractivity contribution in [3.05, 3.63) is 66.4 Å². The van der Waals surface area contributed by atoms with E-state index in [0.717, 1.165) is 15.8 Å². The molecule has 0 saturated carbocycles. The first-order valence-corrected chi connectivity index (χ1v) is 22.0. The minimum absolute atomic E-state index is 0.000297. The van der Waals surface area contributed by atoms with Gasteiger partial charge in [0.25, 0.3) is 0 Å². The average molecular weight is 860 g/mol. The molecule has 5 rings (SSSR count). The van der Waals surface area contributed by atoms with Gasteiger partial charge in [0.2, 0.25) is 41.4 Å². The molecule has 61 heavy (non-hydrogen) atoms. The van der Waals surface area contributed by atoms with E-state index < -0.39 is 89.2 Å². The van der Waals surface area contributed by atoms with E-state index >= 15 is 0 Å². The minimum atomic E-state index is -1.33. The molecule has 9 N–H and O–H groups in total. The van der Waals surface area contributed by atoms with Gasteiger partial charge in [-0.3, -0.25) is 38.5 Å². The Morgan fingerprint density at radius 1 is 0.869 bits per heavy atom. The van der Waals surface area contributed by atoms with Gasteiger partial charge in [-0.1, -0.05) is 56.7 Å². The molecule has 330 valence electrons. The number of nitrogens with zero attached hydrogens (tertiary/aromatic N) is 1. The number of carbonyl (C=O) groups is 7. The van der Waals surface area contributed by atoms with E-state index in [1.807, 2.05) is 89.2 Å². The van der Waals surface area contributed by atoms with Gasteiger partial charge in [0, 0.05) is 46.1 Å². The molecule has 17 heteroatoms. The van der Waals surface area contributed by atoms with Gasteiger partial charge in [-0.15, -0.1) is 11.8 Å². The fourth-order valence-corrected chi connectivity index (χ4v) is 8.77. The molecule has 8 atom stereocenters. The quantitative estimate of drug-likeness (QED) is 0.132. The lowest BCUT2D eigenvalue weighted by Crippen LogP contribution is -2.66. The van der Waals surface area contributed by atoms with Crippen LogP contribution in [0.4, 0.5) is 0 Å². The maximum atomic E-state index is 14.6. The molecule has 0 aliphatic carbocycles. The Labute approximate surface area is 361 Å². The molecule has 1 unspecified atom stereocenters. The van der Waals surface area contributed by atoms with Crippen molar-refractivity contribution in [3.8, 4) is 0 Å². The summed E-state index contributed by atoms with van der Waals surface area (Å²) in [6.45, 7) is 11.0. The number of aromatic amines is 1. The summed E-state index contributed by atoms with van der Waals surface area (Å²) >= 11 is 1.40. The van der Waals surface area contributed by atoms with E-state index in [2.05, 4.69) is 36.9 Å². The lowest BCUT2D eigenvalue weighted by Gasteiger charge is -2.39. The number of nitrogens with two attached hydrogens (primary N) is 1. The van der Waals surface area contributed by atoms with Crippen LogP contribution in [0.3, 0.4) is 0 Å². The molecule has 2 saturated heterocycles. The zero-order valence-corrected chi connectivity index (χ0v) is 36.7. The van der Waals surface area contributed by atoms with Gasteiger partial charge < -0.3 is 42.6 Å². The molecule has 7 amide bonds. The normalized spacial score (nSPS) is 25.5. The number of amides is 7. The SMILES string of the molecule is CCC(C)[C@@H]1NC(=O)[C@H]2CCCN2[C@@H](C(=O)NC(C)(C)C)[C@@H](CSc2ccccc2)NC(=O)[C@H](CCC(N)=O)NC(=O)[C@H](Cc2c[nH]c3ccccc23)NC(=O)[C@@H](C)NC1=O. The number of rotatable bonds is 11. The van der Waals surface area contributed by atoms with Crippen LogP contribution >= 0.6 is 11.8 Å². The zero-order valence-electron chi connectivity index (χ0n) is 35.8. The molecule has 3 heterocycles. The minimum Gasteiger partial charge on any atom is -0.370 e. The van der Waals surface area contributed by atoms with Crippen LogP contribution < -0.4 is 37.6 Å². The van der Waals surface area contributed by atoms with Gasteiger partial charge in [-0.05, 0) is 83.2 Å². The molecular weight excluding hydrogens is 799 g/mol. The summed E-state index contributed by atoms with van der Waals surface area (Å²) in [6.07, 6.45) is 2.75. The molecule has 0 spiro atoms. The number of hydrogen-bond donors (Lipinski definition) is 8. The monoisotopic (exact) mass is 859 g/mol. The summed E-state index contributed by atoms with van der Waals surface area (Å²) in [5.74, 6) is -4.40. The van der Waals surface area contributed by atoms with Crippen molar-refractivity contribution in [2.24, 2.45) is 11.7 Å². The lowest BCUT2D eigenvalue weighted by atomic mass is 9.96. The smallest absolute Gasteiger partial charge is 0.243 e. The van der Waals surface area contributed by atoms with Gasteiger partial charge in [-0.25, -0.2) is 0 Å². The Bertz CT molecular complexity index is 2050. The van der Waals surface area contributed by atoms with E-state index in [1.165, 1.54) is 18.7 Å². The highest BCUT2D eigenvalue weighted by atomic mass is 32.2. The third kappa shape index (κ3) is 12.6. The summed E-state index contributed by atoms with van der Waals surface area (Å²) in [5, 5.41) is 18.2. The number of benzene rings is 2. The number of para-hydroxylation sites is 1. The topological polar surface area (TPSA) is 237 Å². The van der Waals surface area contributed by atoms with Gasteiger partial charge in [0.1, 0.15) is 30.2 Å². The summed E-state index contributed by atoms with van der Waals surface area (Å²) in [6, 6.07) is 9.26. The standard InChI is InChI=1S/C44H61N9O7S/c1-7-25(2)36-42(59)47-26(3)38(55)49-32(22-27-23-46-30-17-12-11-16-29(27)30)40(57)48-31(19-20-35(45)54)39(56)50-33(24-61-28-14-9-8-10-15-28)37(43(60)52-44(4,5)6)53-21-13-18-34(53)41(58)51-36/h8-12,14-17,23,25-26,31-34,36-37,46H,7,13,18-22,24H2,1-6H3,(H2,45,54)(H,47,59)(H,48,57)(H,49,55)(H,50,56)(H,51,58)(H,52,60)/t25?,26-,31+,32+,33-,34-,36+,37-/m1/s1. The lowest BCUT2D eigenvalue weighted by molar-refractivity contribution is -0.138. The fraction of sp³-hybridized carbons (Fsp3) is 0.523. The summed E-state index contributed by atoms with van der Waals surface area (Å²) in [4.78, 5) is 104. The first-order valence-electron chi connectivity index (χ1n) is 21.1.